The van der Waals surface area contributed by atoms with Gasteiger partial charge in [0.2, 0.25) is 5.95 Å². The van der Waals surface area contributed by atoms with Crippen LogP contribution in [0.1, 0.15) is 33.5 Å². The van der Waals surface area contributed by atoms with Gasteiger partial charge in [-0.15, -0.1) is 0 Å². The van der Waals surface area contributed by atoms with Gasteiger partial charge >= 0.3 is 0 Å². The molecule has 0 bridgehead atoms. The van der Waals surface area contributed by atoms with E-state index in [9.17, 15) is 4.79 Å². The maximum atomic E-state index is 12.9. The van der Waals surface area contributed by atoms with Crippen molar-refractivity contribution in [2.24, 2.45) is 0 Å². The number of para-hydroxylation sites is 1. The third-order valence-electron chi connectivity index (χ3n) is 5.02. The molecule has 0 saturated carbocycles. The van der Waals surface area contributed by atoms with Crippen molar-refractivity contribution in [3.63, 3.8) is 0 Å². The van der Waals surface area contributed by atoms with E-state index < -0.39 is 0 Å². The maximum Gasteiger partial charge on any atom is 0.261 e. The molecule has 5 nitrogen and oxygen atoms in total. The summed E-state index contributed by atoms with van der Waals surface area (Å²) in [5, 5.41) is 3.19. The number of rotatable bonds is 3. The predicted octanol–water partition coefficient (Wildman–Crippen LogP) is 4.43. The van der Waals surface area contributed by atoms with Gasteiger partial charge in [-0.1, -0.05) is 24.3 Å². The highest BCUT2D eigenvalue weighted by molar-refractivity contribution is 6.06. The third-order valence-corrected chi connectivity index (χ3v) is 5.02. The van der Waals surface area contributed by atoms with Crippen LogP contribution in [0, 0.1) is 13.8 Å². The van der Waals surface area contributed by atoms with Crippen LogP contribution in [-0.4, -0.2) is 22.4 Å². The molecule has 1 N–H and O–H groups in total. The largest absolute Gasteiger partial charge is 0.324 e. The Balaban J connectivity index is 1.52. The van der Waals surface area contributed by atoms with E-state index in [1.165, 1.54) is 16.7 Å². The van der Waals surface area contributed by atoms with Crippen LogP contribution in [-0.2, 0) is 6.42 Å². The van der Waals surface area contributed by atoms with Crippen LogP contribution in [0.5, 0.6) is 0 Å². The van der Waals surface area contributed by atoms with Crippen molar-refractivity contribution in [3.8, 4) is 0 Å². The molecule has 0 saturated heterocycles. The normalized spacial score (nSPS) is 13.2. The van der Waals surface area contributed by atoms with Crippen LogP contribution < -0.4 is 10.2 Å². The SMILES string of the molecule is Cc1ccc(Nc2ncc(C(=O)N3CCCc4ccccc43)cn2)cc1C. The Kier molecular flexibility index (Phi) is 4.59. The van der Waals surface area contributed by atoms with Crippen LogP contribution in [0.15, 0.2) is 54.9 Å². The molecule has 2 aromatic carbocycles. The second kappa shape index (κ2) is 7.19. The zero-order valence-electron chi connectivity index (χ0n) is 15.6. The van der Waals surface area contributed by atoms with E-state index in [1.54, 1.807) is 12.4 Å². The summed E-state index contributed by atoms with van der Waals surface area (Å²) in [5.74, 6) is 0.425. The number of anilines is 3. The zero-order chi connectivity index (χ0) is 18.8. The monoisotopic (exact) mass is 358 g/mol. The Labute approximate surface area is 159 Å². The van der Waals surface area contributed by atoms with E-state index in [0.29, 0.717) is 11.5 Å². The molecule has 1 aromatic heterocycles. The van der Waals surface area contributed by atoms with Gasteiger partial charge in [0.1, 0.15) is 0 Å². The van der Waals surface area contributed by atoms with Crippen LogP contribution in [0.3, 0.4) is 0 Å². The van der Waals surface area contributed by atoms with Gasteiger partial charge < -0.3 is 10.2 Å². The molecule has 4 rings (SSSR count). The first kappa shape index (κ1) is 17.2. The first-order chi connectivity index (χ1) is 13.1. The molecule has 1 aliphatic heterocycles. The number of benzene rings is 2. The second-order valence-corrected chi connectivity index (χ2v) is 6.91. The minimum Gasteiger partial charge on any atom is -0.324 e. The number of carbonyl (C=O) groups excluding carboxylic acids is 1. The van der Waals surface area contributed by atoms with Gasteiger partial charge in [0.25, 0.3) is 5.91 Å². The molecule has 1 aliphatic rings. The first-order valence-electron chi connectivity index (χ1n) is 9.18. The minimum absolute atomic E-state index is 0.0557. The van der Waals surface area contributed by atoms with E-state index >= 15 is 0 Å². The highest BCUT2D eigenvalue weighted by Gasteiger charge is 2.23. The van der Waals surface area contributed by atoms with Crippen molar-refractivity contribution in [3.05, 3.63) is 77.1 Å². The number of carbonyl (C=O) groups is 1. The quantitative estimate of drug-likeness (QED) is 0.752. The third kappa shape index (κ3) is 3.53. The van der Waals surface area contributed by atoms with Crippen molar-refractivity contribution >= 4 is 23.2 Å². The Morgan fingerprint density at radius 1 is 1.04 bits per heavy atom. The van der Waals surface area contributed by atoms with Gasteiger partial charge in [0, 0.05) is 30.3 Å². The van der Waals surface area contributed by atoms with E-state index in [1.807, 2.05) is 29.2 Å². The standard InChI is InChI=1S/C22H22N4O/c1-15-9-10-19(12-16(15)2)25-22-23-13-18(14-24-22)21(27)26-11-5-7-17-6-3-4-8-20(17)26/h3-4,6,8-10,12-14H,5,7,11H2,1-2H3,(H,23,24,25). The second-order valence-electron chi connectivity index (χ2n) is 6.91. The number of hydrogen-bond donors (Lipinski definition) is 1. The highest BCUT2D eigenvalue weighted by Crippen LogP contribution is 2.28. The first-order valence-corrected chi connectivity index (χ1v) is 9.18. The Morgan fingerprint density at radius 3 is 2.59 bits per heavy atom. The number of nitrogens with zero attached hydrogens (tertiary/aromatic N) is 3. The van der Waals surface area contributed by atoms with Gasteiger partial charge in [-0.05, 0) is 61.6 Å². The Morgan fingerprint density at radius 2 is 1.81 bits per heavy atom. The average molecular weight is 358 g/mol. The highest BCUT2D eigenvalue weighted by atomic mass is 16.2. The molecule has 136 valence electrons. The predicted molar refractivity (Wildman–Crippen MR) is 108 cm³/mol. The summed E-state index contributed by atoms with van der Waals surface area (Å²) in [5.41, 5.74) is 6.08. The molecule has 0 spiro atoms. The summed E-state index contributed by atoms with van der Waals surface area (Å²) in [4.78, 5) is 23.4. The van der Waals surface area contributed by atoms with Crippen LogP contribution in [0.4, 0.5) is 17.3 Å². The molecule has 0 radical (unpaired) electrons. The molecule has 0 aliphatic carbocycles. The molecule has 0 unspecified atom stereocenters. The minimum atomic E-state index is -0.0557. The van der Waals surface area contributed by atoms with Crippen LogP contribution >= 0.6 is 0 Å². The lowest BCUT2D eigenvalue weighted by molar-refractivity contribution is 0.0984. The number of aryl methyl sites for hydroxylation is 3. The van der Waals surface area contributed by atoms with Gasteiger partial charge in [0.05, 0.1) is 5.56 Å². The lowest BCUT2D eigenvalue weighted by Crippen LogP contribution is -2.35. The Hall–Kier alpha value is -3.21. The fraction of sp³-hybridized carbons (Fsp3) is 0.227. The Bertz CT molecular complexity index is 982. The smallest absolute Gasteiger partial charge is 0.261 e. The number of fused-ring (bicyclic) bond motifs is 1. The van der Waals surface area contributed by atoms with Crippen molar-refractivity contribution in [2.75, 3.05) is 16.8 Å². The fourth-order valence-corrected chi connectivity index (χ4v) is 3.35. The molecule has 2 heterocycles. The molecule has 1 amide bonds. The van der Waals surface area contributed by atoms with Crippen molar-refractivity contribution < 1.29 is 4.79 Å². The summed E-state index contributed by atoms with van der Waals surface area (Å²) in [6.45, 7) is 4.87. The van der Waals surface area contributed by atoms with Crippen molar-refractivity contribution in [1.29, 1.82) is 0 Å². The summed E-state index contributed by atoms with van der Waals surface area (Å²) >= 11 is 0. The fourth-order valence-electron chi connectivity index (χ4n) is 3.35. The molecule has 27 heavy (non-hydrogen) atoms. The van der Waals surface area contributed by atoms with Crippen LogP contribution in [0.2, 0.25) is 0 Å². The lowest BCUT2D eigenvalue weighted by Gasteiger charge is -2.29. The summed E-state index contributed by atoms with van der Waals surface area (Å²) in [6, 6.07) is 14.2. The molecule has 0 fully saturated rings. The van der Waals surface area contributed by atoms with E-state index in [4.69, 9.17) is 0 Å². The number of nitrogens with one attached hydrogen (secondary N) is 1. The van der Waals surface area contributed by atoms with Gasteiger partial charge in [-0.2, -0.15) is 0 Å². The summed E-state index contributed by atoms with van der Waals surface area (Å²) in [7, 11) is 0. The van der Waals surface area contributed by atoms with Crippen LogP contribution in [0.25, 0.3) is 0 Å². The number of hydrogen-bond acceptors (Lipinski definition) is 4. The molecule has 0 atom stereocenters. The van der Waals surface area contributed by atoms with E-state index in [2.05, 4.69) is 47.3 Å². The maximum absolute atomic E-state index is 12.9. The molecular weight excluding hydrogens is 336 g/mol. The van der Waals surface area contributed by atoms with Gasteiger partial charge in [-0.25, -0.2) is 9.97 Å². The van der Waals surface area contributed by atoms with Crippen molar-refractivity contribution in [2.45, 2.75) is 26.7 Å². The average Bonchev–Trinajstić information content (AvgIpc) is 2.70. The van der Waals surface area contributed by atoms with Gasteiger partial charge in [0.15, 0.2) is 0 Å². The molecular formula is C22H22N4O. The topological polar surface area (TPSA) is 58.1 Å². The van der Waals surface area contributed by atoms with Gasteiger partial charge in [-0.3, -0.25) is 4.79 Å². The number of amides is 1. The lowest BCUT2D eigenvalue weighted by atomic mass is 10.0. The zero-order valence-corrected chi connectivity index (χ0v) is 15.6. The van der Waals surface area contributed by atoms with Crippen molar-refractivity contribution in [1.82, 2.24) is 9.97 Å². The molecule has 3 aromatic rings. The van der Waals surface area contributed by atoms with E-state index in [-0.39, 0.29) is 5.91 Å². The molecule has 5 heteroatoms. The summed E-state index contributed by atoms with van der Waals surface area (Å²) < 4.78 is 0. The number of aromatic nitrogens is 2. The van der Waals surface area contributed by atoms with E-state index in [0.717, 1.165) is 30.8 Å². The summed E-state index contributed by atoms with van der Waals surface area (Å²) in [6.07, 6.45) is 5.16.